The smallest absolute Gasteiger partial charge is 0.328 e. The van der Waals surface area contributed by atoms with E-state index in [1.165, 1.54) is 0 Å². The Kier molecular flexibility index (Phi) is 4.51. The second-order valence-corrected chi connectivity index (χ2v) is 4.85. The Balaban J connectivity index is 4.25. The number of nitrogens with one attached hydrogen (secondary N) is 1. The lowest BCUT2D eigenvalue weighted by Gasteiger charge is -2.10. The van der Waals surface area contributed by atoms with Gasteiger partial charge in [0.1, 0.15) is 11.8 Å². The van der Waals surface area contributed by atoms with Crippen LogP contribution in [0.1, 0.15) is 0 Å². The Morgan fingerprint density at radius 2 is 1.93 bits per heavy atom. The SMILES string of the molecule is CS(=O)(=O)CC(=O)NC(CO)C(=O)O. The molecule has 0 aromatic rings. The number of amides is 1. The molecule has 0 heterocycles. The minimum atomic E-state index is -3.49. The summed E-state index contributed by atoms with van der Waals surface area (Å²) >= 11 is 0. The molecule has 1 amide bonds. The highest BCUT2D eigenvalue weighted by Crippen LogP contribution is 1.86. The van der Waals surface area contributed by atoms with Gasteiger partial charge in [-0.15, -0.1) is 0 Å². The second kappa shape index (κ2) is 4.91. The number of rotatable bonds is 5. The van der Waals surface area contributed by atoms with Gasteiger partial charge in [-0.1, -0.05) is 0 Å². The molecule has 0 aromatic carbocycles. The van der Waals surface area contributed by atoms with E-state index < -0.39 is 40.1 Å². The molecule has 0 saturated heterocycles. The van der Waals surface area contributed by atoms with Crippen LogP contribution in [0.2, 0.25) is 0 Å². The molecule has 0 radical (unpaired) electrons. The summed E-state index contributed by atoms with van der Waals surface area (Å²) in [6.07, 6.45) is 0.849. The van der Waals surface area contributed by atoms with Crippen molar-refractivity contribution in [2.45, 2.75) is 6.04 Å². The van der Waals surface area contributed by atoms with Gasteiger partial charge in [0.05, 0.1) is 6.61 Å². The highest BCUT2D eigenvalue weighted by atomic mass is 32.2. The normalized spacial score (nSPS) is 13.3. The Morgan fingerprint density at radius 1 is 1.43 bits per heavy atom. The molecule has 0 aromatic heterocycles. The van der Waals surface area contributed by atoms with Crippen LogP contribution in [0.3, 0.4) is 0 Å². The number of hydrogen-bond acceptors (Lipinski definition) is 5. The zero-order valence-corrected chi connectivity index (χ0v) is 8.24. The lowest BCUT2D eigenvalue weighted by molar-refractivity contribution is -0.142. The summed E-state index contributed by atoms with van der Waals surface area (Å²) in [5, 5.41) is 18.7. The number of carboxylic acids is 1. The molecule has 1 unspecified atom stereocenters. The Hall–Kier alpha value is -1.15. The summed E-state index contributed by atoms with van der Waals surface area (Å²) in [6, 6.07) is -1.47. The van der Waals surface area contributed by atoms with E-state index in [-0.39, 0.29) is 0 Å². The summed E-state index contributed by atoms with van der Waals surface area (Å²) < 4.78 is 21.2. The van der Waals surface area contributed by atoms with Crippen LogP contribution in [0.4, 0.5) is 0 Å². The number of aliphatic carboxylic acids is 1. The van der Waals surface area contributed by atoms with E-state index >= 15 is 0 Å². The number of carbonyl (C=O) groups excluding carboxylic acids is 1. The molecule has 0 rings (SSSR count). The highest BCUT2D eigenvalue weighted by molar-refractivity contribution is 7.91. The van der Waals surface area contributed by atoms with Crippen LogP contribution in [-0.2, 0) is 19.4 Å². The molecule has 3 N–H and O–H groups in total. The van der Waals surface area contributed by atoms with Crippen LogP contribution in [0, 0.1) is 0 Å². The van der Waals surface area contributed by atoms with Gasteiger partial charge in [0.25, 0.3) is 0 Å². The summed E-state index contributed by atoms with van der Waals surface area (Å²) in [4.78, 5) is 21.2. The maximum atomic E-state index is 10.9. The first-order chi connectivity index (χ1) is 6.26. The van der Waals surface area contributed by atoms with Crippen LogP contribution in [0.5, 0.6) is 0 Å². The van der Waals surface area contributed by atoms with Crippen molar-refractivity contribution in [3.8, 4) is 0 Å². The predicted octanol–water partition coefficient (Wildman–Crippen LogP) is -2.41. The third-order valence-electron chi connectivity index (χ3n) is 1.21. The van der Waals surface area contributed by atoms with Crippen molar-refractivity contribution >= 4 is 21.7 Å². The van der Waals surface area contributed by atoms with Gasteiger partial charge >= 0.3 is 5.97 Å². The molecule has 14 heavy (non-hydrogen) atoms. The lowest BCUT2D eigenvalue weighted by atomic mass is 10.3. The molecule has 0 saturated carbocycles. The van der Waals surface area contributed by atoms with Crippen molar-refractivity contribution in [1.82, 2.24) is 5.32 Å². The highest BCUT2D eigenvalue weighted by Gasteiger charge is 2.20. The summed E-state index contributed by atoms with van der Waals surface area (Å²) in [5.74, 6) is -3.17. The molecule has 0 aliphatic heterocycles. The van der Waals surface area contributed by atoms with Gasteiger partial charge in [0.15, 0.2) is 9.84 Å². The fourth-order valence-electron chi connectivity index (χ4n) is 0.660. The Bertz CT molecular complexity index is 321. The van der Waals surface area contributed by atoms with Gasteiger partial charge in [0.2, 0.25) is 5.91 Å². The van der Waals surface area contributed by atoms with Crippen molar-refractivity contribution in [1.29, 1.82) is 0 Å². The quantitative estimate of drug-likeness (QED) is 0.479. The molecule has 7 nitrogen and oxygen atoms in total. The standard InChI is InChI=1S/C6H11NO6S/c1-14(12,13)3-5(9)7-4(2-8)6(10)11/h4,8H,2-3H2,1H3,(H,7,9)(H,10,11). The largest absolute Gasteiger partial charge is 0.480 e. The number of sulfone groups is 1. The third kappa shape index (κ3) is 5.49. The monoisotopic (exact) mass is 225 g/mol. The van der Waals surface area contributed by atoms with E-state index in [0.29, 0.717) is 0 Å². The number of hydrogen-bond donors (Lipinski definition) is 3. The fraction of sp³-hybridized carbons (Fsp3) is 0.667. The van der Waals surface area contributed by atoms with E-state index in [2.05, 4.69) is 0 Å². The summed E-state index contributed by atoms with van der Waals surface area (Å²) in [7, 11) is -3.49. The number of aliphatic hydroxyl groups excluding tert-OH is 1. The number of carboxylic acid groups (broad SMARTS) is 1. The fourth-order valence-corrected chi connectivity index (χ4v) is 1.22. The van der Waals surface area contributed by atoms with Crippen LogP contribution in [0.25, 0.3) is 0 Å². The lowest BCUT2D eigenvalue weighted by Crippen LogP contribution is -2.45. The van der Waals surface area contributed by atoms with Gasteiger partial charge in [0, 0.05) is 6.26 Å². The van der Waals surface area contributed by atoms with E-state index in [1.807, 2.05) is 5.32 Å². The molecule has 8 heteroatoms. The Morgan fingerprint density at radius 3 is 2.21 bits per heavy atom. The molecule has 0 aliphatic carbocycles. The third-order valence-corrected chi connectivity index (χ3v) is 2.00. The van der Waals surface area contributed by atoms with Crippen LogP contribution in [0.15, 0.2) is 0 Å². The molecule has 0 spiro atoms. The molecule has 82 valence electrons. The second-order valence-electron chi connectivity index (χ2n) is 2.71. The van der Waals surface area contributed by atoms with Crippen molar-refractivity contribution < 1.29 is 28.2 Å². The predicted molar refractivity (Wildman–Crippen MR) is 46.4 cm³/mol. The van der Waals surface area contributed by atoms with Crippen LogP contribution >= 0.6 is 0 Å². The van der Waals surface area contributed by atoms with Gasteiger partial charge < -0.3 is 15.5 Å². The molecule has 0 fully saturated rings. The number of carbonyl (C=O) groups is 2. The van der Waals surface area contributed by atoms with Crippen molar-refractivity contribution in [3.05, 3.63) is 0 Å². The van der Waals surface area contributed by atoms with Crippen LogP contribution in [-0.4, -0.2) is 55.2 Å². The van der Waals surface area contributed by atoms with Crippen molar-refractivity contribution in [2.24, 2.45) is 0 Å². The maximum Gasteiger partial charge on any atom is 0.328 e. The van der Waals surface area contributed by atoms with Crippen molar-refractivity contribution in [2.75, 3.05) is 18.6 Å². The first-order valence-corrected chi connectivity index (χ1v) is 5.63. The molecular formula is C6H11NO6S. The van der Waals surface area contributed by atoms with Crippen LogP contribution < -0.4 is 5.32 Å². The van der Waals surface area contributed by atoms with Gasteiger partial charge in [-0.2, -0.15) is 0 Å². The zero-order valence-electron chi connectivity index (χ0n) is 7.43. The molecular weight excluding hydrogens is 214 g/mol. The van der Waals surface area contributed by atoms with Gasteiger partial charge in [-0.25, -0.2) is 13.2 Å². The van der Waals surface area contributed by atoms with E-state index in [1.54, 1.807) is 0 Å². The zero-order chi connectivity index (χ0) is 11.4. The first-order valence-electron chi connectivity index (χ1n) is 3.57. The molecule has 0 bridgehead atoms. The minimum Gasteiger partial charge on any atom is -0.480 e. The summed E-state index contributed by atoms with van der Waals surface area (Å²) in [6.45, 7) is -0.787. The van der Waals surface area contributed by atoms with E-state index in [9.17, 15) is 18.0 Å². The van der Waals surface area contributed by atoms with Gasteiger partial charge in [-0.3, -0.25) is 4.79 Å². The molecule has 1 atom stereocenters. The average molecular weight is 225 g/mol. The minimum absolute atomic E-state index is 0.787. The van der Waals surface area contributed by atoms with Gasteiger partial charge in [-0.05, 0) is 0 Å². The van der Waals surface area contributed by atoms with Crippen molar-refractivity contribution in [3.63, 3.8) is 0 Å². The maximum absolute atomic E-state index is 10.9. The Labute approximate surface area is 80.7 Å². The number of aliphatic hydroxyl groups is 1. The van der Waals surface area contributed by atoms with E-state index in [0.717, 1.165) is 6.26 Å². The molecule has 0 aliphatic rings. The average Bonchev–Trinajstić information content (AvgIpc) is 1.96. The topological polar surface area (TPSA) is 121 Å². The summed E-state index contributed by atoms with van der Waals surface area (Å²) in [5.41, 5.74) is 0. The van der Waals surface area contributed by atoms with E-state index in [4.69, 9.17) is 10.2 Å². The first kappa shape index (κ1) is 12.8.